The number of ether oxygens (including phenoxy) is 1. The Labute approximate surface area is 125 Å². The van der Waals surface area contributed by atoms with Crippen molar-refractivity contribution in [3.8, 4) is 6.01 Å². The van der Waals surface area contributed by atoms with Crippen molar-refractivity contribution in [2.75, 3.05) is 13.2 Å². The number of benzene rings is 1. The second-order valence-corrected chi connectivity index (χ2v) is 4.83. The lowest BCUT2D eigenvalue weighted by molar-refractivity contribution is 0.232. The Bertz CT molecular complexity index is 578. The van der Waals surface area contributed by atoms with Crippen LogP contribution in [0.1, 0.15) is 24.6 Å². The highest BCUT2D eigenvalue weighted by Crippen LogP contribution is 2.12. The lowest BCUT2D eigenvalue weighted by Gasteiger charge is -2.10. The van der Waals surface area contributed by atoms with E-state index in [9.17, 15) is 4.79 Å². The fourth-order valence-electron chi connectivity index (χ4n) is 1.99. The van der Waals surface area contributed by atoms with Crippen LogP contribution in [0.2, 0.25) is 0 Å². The molecule has 0 saturated carbocycles. The molecule has 1 aromatic carbocycles. The van der Waals surface area contributed by atoms with Gasteiger partial charge in [0.2, 0.25) is 0 Å². The summed E-state index contributed by atoms with van der Waals surface area (Å²) in [6.45, 7) is 4.98. The van der Waals surface area contributed by atoms with Crippen LogP contribution in [0, 0.1) is 6.92 Å². The number of carbonyl (C=O) groups excluding carboxylic acids is 1. The van der Waals surface area contributed by atoms with Crippen LogP contribution in [0.15, 0.2) is 36.5 Å². The van der Waals surface area contributed by atoms with Crippen molar-refractivity contribution in [3.63, 3.8) is 0 Å². The summed E-state index contributed by atoms with van der Waals surface area (Å²) in [5.41, 5.74) is 1.96. The molecule has 1 N–H and O–H groups in total. The van der Waals surface area contributed by atoms with Gasteiger partial charge in [-0.3, -0.25) is 0 Å². The largest absolute Gasteiger partial charge is 0.464 e. The van der Waals surface area contributed by atoms with Gasteiger partial charge in [-0.2, -0.15) is 0 Å². The van der Waals surface area contributed by atoms with Gasteiger partial charge in [0.15, 0.2) is 0 Å². The van der Waals surface area contributed by atoms with Crippen LogP contribution in [0.25, 0.3) is 0 Å². The molecule has 0 atom stereocenters. The molecule has 1 amide bonds. The van der Waals surface area contributed by atoms with E-state index in [0.29, 0.717) is 19.2 Å². The van der Waals surface area contributed by atoms with Gasteiger partial charge in [0.1, 0.15) is 0 Å². The number of amides is 1. The van der Waals surface area contributed by atoms with Gasteiger partial charge in [0, 0.05) is 12.2 Å². The second kappa shape index (κ2) is 7.47. The van der Waals surface area contributed by atoms with Crippen molar-refractivity contribution >= 4 is 6.03 Å². The monoisotopic (exact) mass is 287 g/mol. The third-order valence-corrected chi connectivity index (χ3v) is 3.08. The fraction of sp³-hybridized carbons (Fsp3) is 0.375. The van der Waals surface area contributed by atoms with E-state index in [2.05, 4.69) is 10.3 Å². The first-order valence-corrected chi connectivity index (χ1v) is 7.21. The molecule has 21 heavy (non-hydrogen) atoms. The maximum absolute atomic E-state index is 12.2. The van der Waals surface area contributed by atoms with Crippen molar-refractivity contribution in [2.24, 2.45) is 0 Å². The van der Waals surface area contributed by atoms with Crippen LogP contribution < -0.4 is 10.1 Å². The third kappa shape index (κ3) is 4.08. The normalized spacial score (nSPS) is 10.4. The number of aromatic nitrogens is 2. The summed E-state index contributed by atoms with van der Waals surface area (Å²) in [5.74, 6) is 0. The van der Waals surface area contributed by atoms with Gasteiger partial charge >= 0.3 is 12.0 Å². The highest BCUT2D eigenvalue weighted by atomic mass is 16.5. The molecule has 2 rings (SSSR count). The number of nitrogens with one attached hydrogen (secondary N) is 1. The van der Waals surface area contributed by atoms with E-state index in [4.69, 9.17) is 4.74 Å². The number of carbonyl (C=O) groups is 1. The van der Waals surface area contributed by atoms with E-state index in [0.717, 1.165) is 18.5 Å². The maximum atomic E-state index is 12.2. The molecule has 1 aromatic heterocycles. The van der Waals surface area contributed by atoms with Gasteiger partial charge in [-0.1, -0.05) is 37.3 Å². The molecule has 0 fully saturated rings. The van der Waals surface area contributed by atoms with Gasteiger partial charge in [0.05, 0.1) is 12.8 Å². The number of rotatable bonds is 6. The second-order valence-electron chi connectivity index (χ2n) is 4.83. The maximum Gasteiger partial charge on any atom is 0.329 e. The molecule has 0 spiro atoms. The standard InChI is InChI=1S/C16H21N3O2/c1-3-11-21-16-18-12-13(2)19(16)15(20)17-10-9-14-7-5-4-6-8-14/h4-8,12H,3,9-11H2,1-2H3,(H,17,20). The summed E-state index contributed by atoms with van der Waals surface area (Å²) in [4.78, 5) is 16.4. The molecule has 0 bridgehead atoms. The van der Waals surface area contributed by atoms with Crippen LogP contribution in [0.5, 0.6) is 6.01 Å². The molecule has 2 aromatic rings. The minimum atomic E-state index is -0.202. The molecular weight excluding hydrogens is 266 g/mol. The molecule has 0 aliphatic rings. The predicted molar refractivity (Wildman–Crippen MR) is 81.7 cm³/mol. The van der Waals surface area contributed by atoms with Gasteiger partial charge < -0.3 is 10.1 Å². The Morgan fingerprint density at radius 2 is 2.10 bits per heavy atom. The first kappa shape index (κ1) is 15.1. The van der Waals surface area contributed by atoms with E-state index >= 15 is 0 Å². The summed E-state index contributed by atoms with van der Waals surface area (Å²) in [5, 5.41) is 2.90. The number of hydrogen-bond donors (Lipinski definition) is 1. The quantitative estimate of drug-likeness (QED) is 0.888. The SMILES string of the molecule is CCCOc1ncc(C)n1C(=O)NCCc1ccccc1. The highest BCUT2D eigenvalue weighted by Gasteiger charge is 2.14. The number of aryl methyl sites for hydroxylation is 1. The molecule has 1 heterocycles. The molecule has 0 aliphatic heterocycles. The molecule has 0 aliphatic carbocycles. The average molecular weight is 287 g/mol. The molecule has 0 saturated heterocycles. The molecule has 112 valence electrons. The third-order valence-electron chi connectivity index (χ3n) is 3.08. The first-order chi connectivity index (χ1) is 10.2. The van der Waals surface area contributed by atoms with E-state index < -0.39 is 0 Å². The van der Waals surface area contributed by atoms with E-state index in [1.165, 1.54) is 10.1 Å². The molecule has 5 heteroatoms. The minimum Gasteiger partial charge on any atom is -0.464 e. The van der Waals surface area contributed by atoms with Crippen molar-refractivity contribution in [2.45, 2.75) is 26.7 Å². The van der Waals surface area contributed by atoms with Gasteiger partial charge in [0.25, 0.3) is 0 Å². The van der Waals surface area contributed by atoms with Crippen LogP contribution in [-0.2, 0) is 6.42 Å². The highest BCUT2D eigenvalue weighted by molar-refractivity contribution is 5.78. The number of hydrogen-bond acceptors (Lipinski definition) is 3. The Hall–Kier alpha value is -2.30. The van der Waals surface area contributed by atoms with Gasteiger partial charge in [-0.15, -0.1) is 0 Å². The van der Waals surface area contributed by atoms with E-state index in [1.807, 2.05) is 44.2 Å². The molecule has 0 unspecified atom stereocenters. The van der Waals surface area contributed by atoms with Crippen molar-refractivity contribution in [1.29, 1.82) is 0 Å². The number of imidazole rings is 1. The summed E-state index contributed by atoms with van der Waals surface area (Å²) >= 11 is 0. The Kier molecular flexibility index (Phi) is 5.37. The van der Waals surface area contributed by atoms with Crippen LogP contribution in [0.4, 0.5) is 4.79 Å². The summed E-state index contributed by atoms with van der Waals surface area (Å²) in [6, 6.07) is 10.2. The van der Waals surface area contributed by atoms with E-state index in [-0.39, 0.29) is 6.03 Å². The zero-order chi connectivity index (χ0) is 15.1. The zero-order valence-electron chi connectivity index (χ0n) is 12.5. The zero-order valence-corrected chi connectivity index (χ0v) is 12.5. The molecule has 0 radical (unpaired) electrons. The Balaban J connectivity index is 1.92. The predicted octanol–water partition coefficient (Wildman–Crippen LogP) is 2.78. The lowest BCUT2D eigenvalue weighted by Crippen LogP contribution is -2.31. The summed E-state index contributed by atoms with van der Waals surface area (Å²) in [6.07, 6.45) is 3.31. The molecular formula is C16H21N3O2. The Morgan fingerprint density at radius 1 is 1.33 bits per heavy atom. The van der Waals surface area contributed by atoms with E-state index in [1.54, 1.807) is 6.20 Å². The van der Waals surface area contributed by atoms with Gasteiger partial charge in [-0.05, 0) is 25.3 Å². The average Bonchev–Trinajstić information content (AvgIpc) is 2.87. The van der Waals surface area contributed by atoms with Gasteiger partial charge in [-0.25, -0.2) is 14.3 Å². The Morgan fingerprint density at radius 3 is 2.81 bits per heavy atom. The smallest absolute Gasteiger partial charge is 0.329 e. The fourth-order valence-corrected chi connectivity index (χ4v) is 1.99. The van der Waals surface area contributed by atoms with Crippen LogP contribution in [-0.4, -0.2) is 28.7 Å². The van der Waals surface area contributed by atoms with Crippen molar-refractivity contribution in [3.05, 3.63) is 47.8 Å². The van der Waals surface area contributed by atoms with Crippen molar-refractivity contribution < 1.29 is 9.53 Å². The van der Waals surface area contributed by atoms with Crippen molar-refractivity contribution in [1.82, 2.24) is 14.9 Å². The minimum absolute atomic E-state index is 0.202. The topological polar surface area (TPSA) is 56.2 Å². The first-order valence-electron chi connectivity index (χ1n) is 7.21. The lowest BCUT2D eigenvalue weighted by atomic mass is 10.1. The summed E-state index contributed by atoms with van der Waals surface area (Å²) in [7, 11) is 0. The number of nitrogens with zero attached hydrogens (tertiary/aromatic N) is 2. The van der Waals surface area contributed by atoms with Crippen LogP contribution >= 0.6 is 0 Å². The van der Waals surface area contributed by atoms with Crippen LogP contribution in [0.3, 0.4) is 0 Å². The molecule has 5 nitrogen and oxygen atoms in total. The summed E-state index contributed by atoms with van der Waals surface area (Å²) < 4.78 is 6.96.